The Kier molecular flexibility index (Phi) is 9.19. The fraction of sp³-hybridized carbons (Fsp3) is 0.458. The lowest BCUT2D eigenvalue weighted by Crippen LogP contribution is -2.42. The first-order valence-electron chi connectivity index (χ1n) is 11.7. The van der Waals surface area contributed by atoms with E-state index in [-0.39, 0.29) is 22.8 Å². The number of urea groups is 1. The van der Waals surface area contributed by atoms with Gasteiger partial charge in [-0.15, -0.1) is 0 Å². The Morgan fingerprint density at radius 1 is 1.00 bits per heavy atom. The molecule has 0 saturated carbocycles. The minimum absolute atomic E-state index is 0.172. The Morgan fingerprint density at radius 3 is 2.23 bits per heavy atom. The number of carbonyl (C=O) groups excluding carboxylic acids is 2. The van der Waals surface area contributed by atoms with Crippen LogP contribution in [0, 0.1) is 19.8 Å². The van der Waals surface area contributed by atoms with Gasteiger partial charge in [0.05, 0.1) is 4.90 Å². The molecule has 11 heteroatoms. The molecule has 2 aromatic rings. The normalized spacial score (nSPS) is 14.9. The van der Waals surface area contributed by atoms with Gasteiger partial charge in [0, 0.05) is 49.3 Å². The van der Waals surface area contributed by atoms with Crippen LogP contribution in [-0.2, 0) is 14.8 Å². The molecule has 2 heterocycles. The Balaban J connectivity index is 1.35. The van der Waals surface area contributed by atoms with E-state index in [0.717, 1.165) is 49.6 Å². The number of sulfonamides is 1. The summed E-state index contributed by atoms with van der Waals surface area (Å²) in [4.78, 5) is 30.0. The topological polar surface area (TPSA) is 133 Å². The van der Waals surface area contributed by atoms with E-state index < -0.39 is 10.0 Å². The quantitative estimate of drug-likeness (QED) is 0.416. The van der Waals surface area contributed by atoms with Gasteiger partial charge in [0.1, 0.15) is 0 Å². The molecule has 1 fully saturated rings. The molecule has 1 aromatic carbocycles. The Labute approximate surface area is 206 Å². The van der Waals surface area contributed by atoms with E-state index in [1.807, 2.05) is 26.0 Å². The number of aromatic nitrogens is 1. The van der Waals surface area contributed by atoms with Crippen molar-refractivity contribution in [3.63, 3.8) is 0 Å². The summed E-state index contributed by atoms with van der Waals surface area (Å²) in [5.74, 6) is 0.0494. The van der Waals surface area contributed by atoms with Crippen molar-refractivity contribution in [2.45, 2.75) is 38.5 Å². The lowest BCUT2D eigenvalue weighted by atomic mass is 9.97. The summed E-state index contributed by atoms with van der Waals surface area (Å²) >= 11 is 0. The van der Waals surface area contributed by atoms with Crippen LogP contribution in [0.4, 0.5) is 16.2 Å². The summed E-state index contributed by atoms with van der Waals surface area (Å²) in [6.07, 6.45) is 1.76. The van der Waals surface area contributed by atoms with E-state index in [9.17, 15) is 18.0 Å². The number of likely N-dealkylation sites (tertiary alicyclic amines) is 1. The molecule has 0 atom stereocenters. The number of hydrogen-bond donors (Lipinski definition) is 4. The molecule has 3 amide bonds. The molecular weight excluding hydrogens is 468 g/mol. The van der Waals surface area contributed by atoms with Gasteiger partial charge < -0.3 is 20.9 Å². The third-order valence-corrected chi connectivity index (χ3v) is 7.25. The predicted molar refractivity (Wildman–Crippen MR) is 136 cm³/mol. The number of nitrogens with zero attached hydrogens (tertiary/aromatic N) is 2. The summed E-state index contributed by atoms with van der Waals surface area (Å²) < 4.78 is 27.9. The minimum Gasteiger partial charge on any atom is -0.337 e. The van der Waals surface area contributed by atoms with Gasteiger partial charge in [0.25, 0.3) is 0 Å². The van der Waals surface area contributed by atoms with Crippen LogP contribution in [0.25, 0.3) is 0 Å². The zero-order valence-electron chi connectivity index (χ0n) is 20.4. The maximum Gasteiger partial charge on any atom is 0.319 e. The summed E-state index contributed by atoms with van der Waals surface area (Å²) in [6.45, 7) is 8.52. The molecule has 0 bridgehead atoms. The van der Waals surface area contributed by atoms with Crippen molar-refractivity contribution >= 4 is 33.3 Å². The molecule has 35 heavy (non-hydrogen) atoms. The molecule has 1 aliphatic heterocycles. The second-order valence-corrected chi connectivity index (χ2v) is 10.6. The zero-order valence-corrected chi connectivity index (χ0v) is 21.2. The molecule has 190 valence electrons. The molecule has 0 unspecified atom stereocenters. The number of nitrogens with one attached hydrogen (secondary N) is 4. The second-order valence-electron chi connectivity index (χ2n) is 8.86. The Hall–Kier alpha value is -3.02. The number of piperidine rings is 1. The van der Waals surface area contributed by atoms with E-state index in [1.165, 1.54) is 19.1 Å². The average Bonchev–Trinajstić information content (AvgIpc) is 2.78. The van der Waals surface area contributed by atoms with Gasteiger partial charge in [0.15, 0.2) is 0 Å². The number of pyridine rings is 1. The van der Waals surface area contributed by atoms with E-state index in [4.69, 9.17) is 0 Å². The van der Waals surface area contributed by atoms with E-state index in [0.29, 0.717) is 18.8 Å². The molecule has 1 aromatic heterocycles. The van der Waals surface area contributed by atoms with Crippen LogP contribution < -0.4 is 20.7 Å². The lowest BCUT2D eigenvalue weighted by molar-refractivity contribution is -0.114. The lowest BCUT2D eigenvalue weighted by Gasteiger charge is -2.32. The standard InChI is InChI=1S/C24H34N6O4S/c1-17-14-22(15-18(2)27-17)29-24(32)25-10-13-30-11-8-20(9-12-30)16-26-35(33,34)23-6-4-21(5-7-23)28-19(3)31/h4-7,14-15,20,26H,8-13,16H2,1-3H3,(H,28,31)(H2,25,27,29,32). The van der Waals surface area contributed by atoms with Gasteiger partial charge >= 0.3 is 6.03 Å². The van der Waals surface area contributed by atoms with Crippen molar-refractivity contribution < 1.29 is 18.0 Å². The van der Waals surface area contributed by atoms with Crippen LogP contribution in [0.2, 0.25) is 0 Å². The first-order chi connectivity index (χ1) is 16.6. The fourth-order valence-electron chi connectivity index (χ4n) is 4.06. The van der Waals surface area contributed by atoms with Gasteiger partial charge in [-0.25, -0.2) is 17.9 Å². The molecule has 10 nitrogen and oxygen atoms in total. The summed E-state index contributed by atoms with van der Waals surface area (Å²) in [7, 11) is -3.61. The molecule has 0 radical (unpaired) electrons. The summed E-state index contributed by atoms with van der Waals surface area (Å²) in [6, 6.07) is 9.51. The minimum atomic E-state index is -3.61. The zero-order chi connectivity index (χ0) is 25.4. The van der Waals surface area contributed by atoms with Crippen LogP contribution in [-0.4, -0.2) is 63.0 Å². The van der Waals surface area contributed by atoms with Gasteiger partial charge in [-0.3, -0.25) is 9.78 Å². The SMILES string of the molecule is CC(=O)Nc1ccc(S(=O)(=O)NCC2CCN(CCNC(=O)Nc3cc(C)nc(C)c3)CC2)cc1. The number of benzene rings is 1. The van der Waals surface area contributed by atoms with Gasteiger partial charge in [-0.2, -0.15) is 0 Å². The highest BCUT2D eigenvalue weighted by molar-refractivity contribution is 7.89. The van der Waals surface area contributed by atoms with Crippen LogP contribution in [0.15, 0.2) is 41.3 Å². The maximum atomic E-state index is 12.6. The molecule has 1 aliphatic rings. The van der Waals surface area contributed by atoms with Crippen molar-refractivity contribution in [2.75, 3.05) is 43.4 Å². The van der Waals surface area contributed by atoms with E-state index >= 15 is 0 Å². The van der Waals surface area contributed by atoms with Gasteiger partial charge in [0.2, 0.25) is 15.9 Å². The fourth-order valence-corrected chi connectivity index (χ4v) is 5.17. The number of carbonyl (C=O) groups is 2. The highest BCUT2D eigenvalue weighted by Crippen LogP contribution is 2.18. The van der Waals surface area contributed by atoms with Gasteiger partial charge in [-0.05, 0) is 82.1 Å². The summed E-state index contributed by atoms with van der Waals surface area (Å²) in [5, 5.41) is 8.33. The highest BCUT2D eigenvalue weighted by atomic mass is 32.2. The van der Waals surface area contributed by atoms with Crippen molar-refractivity contribution in [2.24, 2.45) is 5.92 Å². The number of hydrogen-bond acceptors (Lipinski definition) is 6. The molecule has 1 saturated heterocycles. The largest absolute Gasteiger partial charge is 0.337 e. The van der Waals surface area contributed by atoms with Crippen LogP contribution >= 0.6 is 0 Å². The number of aryl methyl sites for hydroxylation is 2. The van der Waals surface area contributed by atoms with Gasteiger partial charge in [-0.1, -0.05) is 0 Å². The van der Waals surface area contributed by atoms with Crippen molar-refractivity contribution in [1.29, 1.82) is 0 Å². The van der Waals surface area contributed by atoms with Crippen molar-refractivity contribution in [3.8, 4) is 0 Å². The Morgan fingerprint density at radius 2 is 1.63 bits per heavy atom. The Bertz CT molecular complexity index is 1110. The first-order valence-corrected chi connectivity index (χ1v) is 13.2. The third-order valence-electron chi connectivity index (χ3n) is 5.81. The molecule has 0 aliphatic carbocycles. The molecule has 3 rings (SSSR count). The molecular formula is C24H34N6O4S. The molecule has 0 spiro atoms. The number of rotatable bonds is 9. The van der Waals surface area contributed by atoms with Crippen LogP contribution in [0.3, 0.4) is 0 Å². The van der Waals surface area contributed by atoms with E-state index in [1.54, 1.807) is 12.1 Å². The summed E-state index contributed by atoms with van der Waals surface area (Å²) in [5.41, 5.74) is 2.98. The molecule has 4 N–H and O–H groups in total. The van der Waals surface area contributed by atoms with E-state index in [2.05, 4.69) is 30.6 Å². The maximum absolute atomic E-state index is 12.6. The second kappa shape index (κ2) is 12.1. The number of anilines is 2. The monoisotopic (exact) mass is 502 g/mol. The van der Waals surface area contributed by atoms with Crippen LogP contribution in [0.5, 0.6) is 0 Å². The first kappa shape index (κ1) is 26.6. The van der Waals surface area contributed by atoms with Crippen molar-refractivity contribution in [3.05, 3.63) is 47.8 Å². The van der Waals surface area contributed by atoms with Crippen LogP contribution in [0.1, 0.15) is 31.2 Å². The predicted octanol–water partition coefficient (Wildman–Crippen LogP) is 2.47. The average molecular weight is 503 g/mol. The smallest absolute Gasteiger partial charge is 0.319 e. The highest BCUT2D eigenvalue weighted by Gasteiger charge is 2.22. The number of amides is 3. The van der Waals surface area contributed by atoms with Crippen molar-refractivity contribution in [1.82, 2.24) is 19.9 Å². The third kappa shape index (κ3) is 8.61.